The van der Waals surface area contributed by atoms with Crippen molar-refractivity contribution < 1.29 is 10.1 Å². The van der Waals surface area contributed by atoms with E-state index in [9.17, 15) is 5.11 Å². The number of phenols is 1. The summed E-state index contributed by atoms with van der Waals surface area (Å²) in [6.45, 7) is 0. The van der Waals surface area contributed by atoms with E-state index in [0.717, 1.165) is 27.8 Å². The van der Waals surface area contributed by atoms with Crippen molar-refractivity contribution in [3.8, 4) is 5.75 Å². The molecule has 0 aliphatic carbocycles. The van der Waals surface area contributed by atoms with Gasteiger partial charge in [-0.1, -0.05) is 30.3 Å². The molecule has 0 aliphatic heterocycles. The third-order valence-corrected chi connectivity index (χ3v) is 4.22. The van der Waals surface area contributed by atoms with Gasteiger partial charge in [0.25, 0.3) is 5.52 Å². The fourth-order valence-corrected chi connectivity index (χ4v) is 2.99. The summed E-state index contributed by atoms with van der Waals surface area (Å²) < 4.78 is 0. The van der Waals surface area contributed by atoms with Gasteiger partial charge in [0.1, 0.15) is 0 Å². The molecule has 4 rings (SSSR count). The number of nitrogens with one attached hydrogen (secondary N) is 2. The summed E-state index contributed by atoms with van der Waals surface area (Å²) in [5, 5.41) is 15.3. The summed E-state index contributed by atoms with van der Waals surface area (Å²) >= 11 is 0. The molecule has 0 saturated carbocycles. The van der Waals surface area contributed by atoms with Crippen LogP contribution in [0.5, 0.6) is 5.75 Å². The molecule has 4 heteroatoms. The molecular weight excluding hydrogens is 310 g/mol. The lowest BCUT2D eigenvalue weighted by atomic mass is 9.99. The molecule has 2 aromatic heterocycles. The van der Waals surface area contributed by atoms with Crippen LogP contribution < -0.4 is 10.3 Å². The zero-order valence-corrected chi connectivity index (χ0v) is 13.6. The van der Waals surface area contributed by atoms with Crippen LogP contribution in [0.15, 0.2) is 85.2 Å². The predicted molar refractivity (Wildman–Crippen MR) is 98.3 cm³/mol. The summed E-state index contributed by atoms with van der Waals surface area (Å²) in [7, 11) is 0. The first kappa shape index (κ1) is 15.1. The van der Waals surface area contributed by atoms with Crippen LogP contribution in [0.2, 0.25) is 0 Å². The number of hydrogen-bond acceptors (Lipinski definition) is 3. The molecule has 0 saturated heterocycles. The third kappa shape index (κ3) is 3.02. The molecule has 1 unspecified atom stereocenters. The Morgan fingerprint density at radius 1 is 0.880 bits per heavy atom. The Kier molecular flexibility index (Phi) is 4.01. The largest absolute Gasteiger partial charge is 0.502 e. The highest BCUT2D eigenvalue weighted by molar-refractivity contribution is 5.83. The first-order valence-electron chi connectivity index (χ1n) is 8.18. The summed E-state index contributed by atoms with van der Waals surface area (Å²) in [6.07, 6.45) is 3.57. The van der Waals surface area contributed by atoms with Crippen LogP contribution in [-0.4, -0.2) is 10.1 Å². The number of phenolic OH excluding ortho intramolecular Hbond substituents is 1. The Bertz CT molecular complexity index is 988. The second-order valence-electron chi connectivity index (χ2n) is 5.84. The lowest BCUT2D eigenvalue weighted by Crippen LogP contribution is -2.15. The van der Waals surface area contributed by atoms with Crippen molar-refractivity contribution in [3.05, 3.63) is 96.4 Å². The maximum Gasteiger partial charge on any atom is 0.253 e. The van der Waals surface area contributed by atoms with Crippen LogP contribution >= 0.6 is 0 Å². The van der Waals surface area contributed by atoms with E-state index in [0.29, 0.717) is 0 Å². The van der Waals surface area contributed by atoms with Crippen molar-refractivity contribution in [2.75, 3.05) is 5.32 Å². The summed E-state index contributed by atoms with van der Waals surface area (Å²) in [5.74, 6) is 0.234. The number of aromatic amines is 1. The summed E-state index contributed by atoms with van der Waals surface area (Å²) in [6, 6.07) is 23.3. The fraction of sp³-hybridized carbons (Fsp3) is 0.0476. The standard InChI is InChI=1S/C21H17N3O/c25-21-17(12-11-15-7-6-14-23-19(15)21)20(18-10-4-5-13-22-18)24-16-8-2-1-3-9-16/h1-14,20,24-25H/p+1. The minimum atomic E-state index is -0.262. The zero-order chi connectivity index (χ0) is 17.1. The van der Waals surface area contributed by atoms with E-state index in [-0.39, 0.29) is 11.8 Å². The number of aromatic nitrogens is 2. The minimum absolute atomic E-state index is 0.234. The topological polar surface area (TPSA) is 59.3 Å². The molecule has 0 aliphatic rings. The van der Waals surface area contributed by atoms with Gasteiger partial charge in [0.05, 0.1) is 17.1 Å². The van der Waals surface area contributed by atoms with Crippen molar-refractivity contribution in [1.82, 2.24) is 4.98 Å². The molecule has 2 aromatic carbocycles. The summed E-state index contributed by atoms with van der Waals surface area (Å²) in [5.41, 5.74) is 3.31. The van der Waals surface area contributed by atoms with E-state index in [4.69, 9.17) is 0 Å². The van der Waals surface area contributed by atoms with Crippen molar-refractivity contribution in [2.24, 2.45) is 0 Å². The minimum Gasteiger partial charge on any atom is -0.502 e. The van der Waals surface area contributed by atoms with E-state index in [2.05, 4.69) is 15.3 Å². The van der Waals surface area contributed by atoms with Gasteiger partial charge in [-0.3, -0.25) is 4.98 Å². The lowest BCUT2D eigenvalue weighted by molar-refractivity contribution is -0.345. The molecule has 25 heavy (non-hydrogen) atoms. The van der Waals surface area contributed by atoms with Crippen molar-refractivity contribution in [3.63, 3.8) is 0 Å². The van der Waals surface area contributed by atoms with E-state index in [1.54, 1.807) is 6.20 Å². The molecule has 2 heterocycles. The normalized spacial score (nSPS) is 12.0. The van der Waals surface area contributed by atoms with Crippen molar-refractivity contribution in [1.29, 1.82) is 0 Å². The Morgan fingerprint density at radius 3 is 2.52 bits per heavy atom. The van der Waals surface area contributed by atoms with Crippen LogP contribution in [0.3, 0.4) is 0 Å². The van der Waals surface area contributed by atoms with Gasteiger partial charge < -0.3 is 10.4 Å². The number of para-hydroxylation sites is 1. The van der Waals surface area contributed by atoms with Crippen molar-refractivity contribution >= 4 is 16.6 Å². The number of hydrogen-bond donors (Lipinski definition) is 2. The maximum atomic E-state index is 10.9. The van der Waals surface area contributed by atoms with Crippen LogP contribution in [0.1, 0.15) is 17.3 Å². The number of benzene rings is 2. The van der Waals surface area contributed by atoms with Crippen LogP contribution in [0, 0.1) is 0 Å². The molecule has 1 atom stereocenters. The highest BCUT2D eigenvalue weighted by Gasteiger charge is 2.22. The summed E-state index contributed by atoms with van der Waals surface area (Å²) in [4.78, 5) is 7.62. The molecule has 3 N–H and O–H groups in total. The monoisotopic (exact) mass is 328 g/mol. The number of nitrogens with zero attached hydrogens (tertiary/aromatic N) is 1. The first-order chi connectivity index (χ1) is 12.3. The number of fused-ring (bicyclic) bond motifs is 1. The fourth-order valence-electron chi connectivity index (χ4n) is 2.99. The number of H-pyrrole nitrogens is 1. The first-order valence-corrected chi connectivity index (χ1v) is 8.18. The number of anilines is 1. The van der Waals surface area contributed by atoms with Gasteiger partial charge in [0.2, 0.25) is 0 Å². The molecule has 122 valence electrons. The van der Waals surface area contributed by atoms with E-state index in [1.807, 2.05) is 79.0 Å². The lowest BCUT2D eigenvalue weighted by Gasteiger charge is -2.20. The molecule has 0 bridgehead atoms. The van der Waals surface area contributed by atoms with Gasteiger partial charge >= 0.3 is 0 Å². The number of pyridine rings is 2. The van der Waals surface area contributed by atoms with Crippen LogP contribution in [0.4, 0.5) is 5.69 Å². The van der Waals surface area contributed by atoms with Gasteiger partial charge in [-0.2, -0.15) is 0 Å². The van der Waals surface area contributed by atoms with Gasteiger partial charge in [0.15, 0.2) is 11.9 Å². The molecule has 4 nitrogen and oxygen atoms in total. The molecule has 4 aromatic rings. The van der Waals surface area contributed by atoms with E-state index in [1.165, 1.54) is 0 Å². The zero-order valence-electron chi connectivity index (χ0n) is 13.6. The van der Waals surface area contributed by atoms with Gasteiger partial charge in [-0.05, 0) is 36.4 Å². The average molecular weight is 328 g/mol. The van der Waals surface area contributed by atoms with Gasteiger partial charge in [-0.15, -0.1) is 0 Å². The smallest absolute Gasteiger partial charge is 0.253 e. The van der Waals surface area contributed by atoms with Crippen LogP contribution in [0.25, 0.3) is 10.9 Å². The molecule has 0 spiro atoms. The Morgan fingerprint density at radius 2 is 1.72 bits per heavy atom. The quantitative estimate of drug-likeness (QED) is 0.596. The second-order valence-corrected chi connectivity index (χ2v) is 5.84. The Balaban J connectivity index is 1.85. The highest BCUT2D eigenvalue weighted by atomic mass is 16.3. The molecule has 0 amide bonds. The highest BCUT2D eigenvalue weighted by Crippen LogP contribution is 2.34. The molecule has 0 radical (unpaired) electrons. The van der Waals surface area contributed by atoms with Crippen molar-refractivity contribution in [2.45, 2.75) is 6.04 Å². The molecular formula is C21H18N3O+. The van der Waals surface area contributed by atoms with E-state index >= 15 is 0 Å². The Labute approximate surface area is 145 Å². The average Bonchev–Trinajstić information content (AvgIpc) is 2.69. The molecule has 0 fully saturated rings. The Hall–Kier alpha value is -3.40. The second kappa shape index (κ2) is 6.61. The SMILES string of the molecule is Oc1c(C(Nc2ccccc2)c2ccccn2)ccc2ccc[nH+]c12. The van der Waals surface area contributed by atoms with Crippen LogP contribution in [-0.2, 0) is 0 Å². The van der Waals surface area contributed by atoms with Gasteiger partial charge in [-0.25, -0.2) is 4.98 Å². The number of rotatable bonds is 4. The maximum absolute atomic E-state index is 10.9. The third-order valence-electron chi connectivity index (χ3n) is 4.22. The number of aromatic hydroxyl groups is 1. The van der Waals surface area contributed by atoms with E-state index < -0.39 is 0 Å². The predicted octanol–water partition coefficient (Wildman–Crippen LogP) is 3.96. The van der Waals surface area contributed by atoms with Gasteiger partial charge in [0, 0.05) is 23.5 Å².